The van der Waals surface area contributed by atoms with Crippen LogP contribution in [0.1, 0.15) is 23.2 Å². The Morgan fingerprint density at radius 3 is 2.14 bits per heavy atom. The van der Waals surface area contributed by atoms with Gasteiger partial charge in [0.25, 0.3) is 0 Å². The molecular formula is C20H23N3O5S. The predicted octanol–water partition coefficient (Wildman–Crippen LogP) is 1.83. The Morgan fingerprint density at radius 1 is 1.03 bits per heavy atom. The number of benzene rings is 2. The predicted molar refractivity (Wildman–Crippen MR) is 108 cm³/mol. The summed E-state index contributed by atoms with van der Waals surface area (Å²) in [5.74, 6) is -0.400. The van der Waals surface area contributed by atoms with Crippen LogP contribution in [-0.2, 0) is 14.8 Å². The Hall–Kier alpha value is -2.91. The lowest BCUT2D eigenvalue weighted by Crippen LogP contribution is -2.41. The first kappa shape index (κ1) is 20.8. The number of anilines is 1. The highest BCUT2D eigenvalue weighted by Gasteiger charge is 2.32. The lowest BCUT2D eigenvalue weighted by molar-refractivity contribution is -0.120. The van der Waals surface area contributed by atoms with Gasteiger partial charge in [0, 0.05) is 30.3 Å². The van der Waals surface area contributed by atoms with Crippen molar-refractivity contribution < 1.29 is 22.7 Å². The standard InChI is InChI=1S/C20H23N3O5S/c1-28-17-6-8-18(9-7-17)29(26,27)23-12-10-15(11-13-23)20(25)22-16-4-2-14(3-5-16)19(21)24/h2-9,15H,10-13H2,1H3,(H2,21,24)(H,22,25). The van der Waals surface area contributed by atoms with Gasteiger partial charge < -0.3 is 15.8 Å². The summed E-state index contributed by atoms with van der Waals surface area (Å²) in [6.07, 6.45) is 0.862. The Bertz CT molecular complexity index is 980. The molecule has 0 aliphatic carbocycles. The van der Waals surface area contributed by atoms with E-state index in [-0.39, 0.29) is 29.8 Å². The second-order valence-electron chi connectivity index (χ2n) is 6.78. The molecule has 1 heterocycles. The van der Waals surface area contributed by atoms with Gasteiger partial charge in [-0.3, -0.25) is 9.59 Å². The summed E-state index contributed by atoms with van der Waals surface area (Å²) in [4.78, 5) is 23.8. The molecule has 0 radical (unpaired) electrons. The zero-order valence-corrected chi connectivity index (χ0v) is 16.8. The van der Waals surface area contributed by atoms with Crippen LogP contribution in [0.15, 0.2) is 53.4 Å². The van der Waals surface area contributed by atoms with E-state index in [2.05, 4.69) is 5.32 Å². The van der Waals surface area contributed by atoms with Crippen LogP contribution in [0.4, 0.5) is 5.69 Å². The molecule has 1 fully saturated rings. The van der Waals surface area contributed by atoms with Gasteiger partial charge in [0.15, 0.2) is 0 Å². The fourth-order valence-electron chi connectivity index (χ4n) is 3.22. The Balaban J connectivity index is 1.59. The molecule has 0 spiro atoms. The van der Waals surface area contributed by atoms with E-state index in [0.717, 1.165) is 0 Å². The summed E-state index contributed by atoms with van der Waals surface area (Å²) in [7, 11) is -2.09. The molecule has 2 aromatic rings. The van der Waals surface area contributed by atoms with Gasteiger partial charge in [-0.25, -0.2) is 8.42 Å². The van der Waals surface area contributed by atoms with Crippen LogP contribution in [0.5, 0.6) is 5.75 Å². The number of nitrogens with zero attached hydrogens (tertiary/aromatic N) is 1. The molecule has 29 heavy (non-hydrogen) atoms. The van der Waals surface area contributed by atoms with E-state index in [0.29, 0.717) is 29.8 Å². The van der Waals surface area contributed by atoms with Crippen LogP contribution < -0.4 is 15.8 Å². The zero-order valence-electron chi connectivity index (χ0n) is 16.0. The minimum Gasteiger partial charge on any atom is -0.497 e. The number of nitrogens with one attached hydrogen (secondary N) is 1. The first-order valence-electron chi connectivity index (χ1n) is 9.16. The topological polar surface area (TPSA) is 119 Å². The van der Waals surface area contributed by atoms with Gasteiger partial charge >= 0.3 is 0 Å². The molecule has 154 valence electrons. The number of piperidine rings is 1. The largest absolute Gasteiger partial charge is 0.497 e. The molecule has 0 aromatic heterocycles. The van der Waals surface area contributed by atoms with Gasteiger partial charge in [-0.1, -0.05) is 0 Å². The van der Waals surface area contributed by atoms with E-state index in [4.69, 9.17) is 10.5 Å². The number of hydrogen-bond acceptors (Lipinski definition) is 5. The minimum atomic E-state index is -3.61. The average molecular weight is 417 g/mol. The molecule has 1 saturated heterocycles. The molecule has 0 saturated carbocycles. The molecule has 0 bridgehead atoms. The van der Waals surface area contributed by atoms with E-state index in [1.54, 1.807) is 36.4 Å². The summed E-state index contributed by atoms with van der Waals surface area (Å²) in [5, 5.41) is 2.80. The number of carbonyl (C=O) groups excluding carboxylic acids is 2. The molecule has 3 N–H and O–H groups in total. The molecule has 0 atom stereocenters. The lowest BCUT2D eigenvalue weighted by Gasteiger charge is -2.30. The Kier molecular flexibility index (Phi) is 6.19. The van der Waals surface area contributed by atoms with Gasteiger partial charge in [0.1, 0.15) is 5.75 Å². The molecular weight excluding hydrogens is 394 g/mol. The van der Waals surface area contributed by atoms with Gasteiger partial charge in [-0.2, -0.15) is 4.31 Å². The van der Waals surface area contributed by atoms with Gasteiger partial charge in [0.2, 0.25) is 21.8 Å². The minimum absolute atomic E-state index is 0.168. The first-order chi connectivity index (χ1) is 13.8. The fourth-order valence-corrected chi connectivity index (χ4v) is 4.69. The highest BCUT2D eigenvalue weighted by atomic mass is 32.2. The number of methoxy groups -OCH3 is 1. The Labute approximate surface area is 169 Å². The van der Waals surface area contributed by atoms with E-state index < -0.39 is 15.9 Å². The highest BCUT2D eigenvalue weighted by Crippen LogP contribution is 2.26. The fraction of sp³-hybridized carbons (Fsp3) is 0.300. The zero-order chi connectivity index (χ0) is 21.0. The normalized spacial score (nSPS) is 15.6. The average Bonchev–Trinajstić information content (AvgIpc) is 2.74. The van der Waals surface area contributed by atoms with Gasteiger partial charge in [-0.15, -0.1) is 0 Å². The smallest absolute Gasteiger partial charge is 0.248 e. The monoisotopic (exact) mass is 417 g/mol. The van der Waals surface area contributed by atoms with Crippen molar-refractivity contribution in [1.82, 2.24) is 4.31 Å². The molecule has 9 heteroatoms. The van der Waals surface area contributed by atoms with Crippen molar-refractivity contribution in [1.29, 1.82) is 0 Å². The molecule has 1 aliphatic heterocycles. The summed E-state index contributed by atoms with van der Waals surface area (Å²) in [6, 6.07) is 12.6. The molecule has 2 amide bonds. The van der Waals surface area contributed by atoms with Crippen LogP contribution in [0.2, 0.25) is 0 Å². The number of carbonyl (C=O) groups is 2. The third-order valence-electron chi connectivity index (χ3n) is 4.96. The second-order valence-corrected chi connectivity index (χ2v) is 8.72. The number of ether oxygens (including phenoxy) is 1. The van der Waals surface area contributed by atoms with Crippen LogP contribution in [0.3, 0.4) is 0 Å². The van der Waals surface area contributed by atoms with Crippen molar-refractivity contribution in [3.8, 4) is 5.75 Å². The highest BCUT2D eigenvalue weighted by molar-refractivity contribution is 7.89. The van der Waals surface area contributed by atoms with Crippen LogP contribution in [0, 0.1) is 5.92 Å². The number of amides is 2. The van der Waals surface area contributed by atoms with E-state index in [1.807, 2.05) is 0 Å². The number of nitrogens with two attached hydrogens (primary N) is 1. The second kappa shape index (κ2) is 8.62. The summed E-state index contributed by atoms with van der Waals surface area (Å²) >= 11 is 0. The van der Waals surface area contributed by atoms with Crippen LogP contribution >= 0.6 is 0 Å². The molecule has 3 rings (SSSR count). The van der Waals surface area contributed by atoms with Crippen molar-refractivity contribution >= 4 is 27.5 Å². The van der Waals surface area contributed by atoms with E-state index >= 15 is 0 Å². The molecule has 2 aromatic carbocycles. The van der Waals surface area contributed by atoms with Gasteiger partial charge in [-0.05, 0) is 61.4 Å². The van der Waals surface area contributed by atoms with Crippen LogP contribution in [0.25, 0.3) is 0 Å². The third-order valence-corrected chi connectivity index (χ3v) is 6.87. The van der Waals surface area contributed by atoms with Gasteiger partial charge in [0.05, 0.1) is 12.0 Å². The molecule has 1 aliphatic rings. The number of sulfonamides is 1. The number of rotatable bonds is 6. The quantitative estimate of drug-likeness (QED) is 0.743. The summed E-state index contributed by atoms with van der Waals surface area (Å²) < 4.78 is 32.0. The maximum Gasteiger partial charge on any atom is 0.248 e. The van der Waals surface area contributed by atoms with E-state index in [1.165, 1.54) is 23.5 Å². The summed E-state index contributed by atoms with van der Waals surface area (Å²) in [5.41, 5.74) is 6.12. The van der Waals surface area contributed by atoms with Crippen LogP contribution in [-0.4, -0.2) is 44.7 Å². The Morgan fingerprint density at radius 2 is 1.62 bits per heavy atom. The molecule has 8 nitrogen and oxygen atoms in total. The SMILES string of the molecule is COc1ccc(S(=O)(=O)N2CCC(C(=O)Nc3ccc(C(N)=O)cc3)CC2)cc1. The number of primary amides is 1. The van der Waals surface area contributed by atoms with Crippen molar-refractivity contribution in [2.24, 2.45) is 11.7 Å². The third kappa shape index (κ3) is 4.75. The first-order valence-corrected chi connectivity index (χ1v) is 10.6. The van der Waals surface area contributed by atoms with E-state index in [9.17, 15) is 18.0 Å². The van der Waals surface area contributed by atoms with Crippen molar-refractivity contribution in [2.75, 3.05) is 25.5 Å². The van der Waals surface area contributed by atoms with Crippen molar-refractivity contribution in [2.45, 2.75) is 17.7 Å². The maximum absolute atomic E-state index is 12.8. The lowest BCUT2D eigenvalue weighted by atomic mass is 9.97. The summed E-state index contributed by atoms with van der Waals surface area (Å²) in [6.45, 7) is 0.542. The van der Waals surface area contributed by atoms with Crippen molar-refractivity contribution in [3.63, 3.8) is 0 Å². The number of hydrogen-bond donors (Lipinski definition) is 2. The molecule has 0 unspecified atom stereocenters. The maximum atomic E-state index is 12.8. The van der Waals surface area contributed by atoms with Crippen molar-refractivity contribution in [3.05, 3.63) is 54.1 Å².